The van der Waals surface area contributed by atoms with Crippen LogP contribution in [0.4, 0.5) is 5.69 Å². The lowest BCUT2D eigenvalue weighted by atomic mass is 10.1. The number of amides is 1. The summed E-state index contributed by atoms with van der Waals surface area (Å²) in [4.78, 5) is 24.2. The molecule has 1 aliphatic rings. The van der Waals surface area contributed by atoms with Crippen LogP contribution in [0, 0.1) is 10.1 Å². The molecule has 0 saturated carbocycles. The molecule has 1 unspecified atom stereocenters. The van der Waals surface area contributed by atoms with Crippen LogP contribution in [0.15, 0.2) is 22.7 Å². The van der Waals surface area contributed by atoms with E-state index in [4.69, 9.17) is 5.73 Å². The Kier molecular flexibility index (Phi) is 4.16. The zero-order chi connectivity index (χ0) is 14.0. The van der Waals surface area contributed by atoms with E-state index in [0.717, 1.165) is 12.8 Å². The van der Waals surface area contributed by atoms with E-state index in [0.29, 0.717) is 23.1 Å². The molecule has 1 aliphatic heterocycles. The lowest BCUT2D eigenvalue weighted by Gasteiger charge is -2.31. The number of carbonyl (C=O) groups is 1. The molecule has 0 bridgehead atoms. The second-order valence-electron chi connectivity index (χ2n) is 4.57. The number of halogens is 1. The minimum absolute atomic E-state index is 0.00882. The average molecular weight is 328 g/mol. The largest absolute Gasteiger partial charge is 0.337 e. The first-order valence-corrected chi connectivity index (χ1v) is 6.77. The maximum Gasteiger partial charge on any atom is 0.270 e. The van der Waals surface area contributed by atoms with Crippen LogP contribution < -0.4 is 5.73 Å². The summed E-state index contributed by atoms with van der Waals surface area (Å²) < 4.78 is 0.436. The van der Waals surface area contributed by atoms with E-state index >= 15 is 0 Å². The van der Waals surface area contributed by atoms with Crippen LogP contribution >= 0.6 is 15.9 Å². The highest BCUT2D eigenvalue weighted by atomic mass is 79.9. The number of nitro groups is 1. The summed E-state index contributed by atoms with van der Waals surface area (Å²) in [5.74, 6) is -0.142. The fraction of sp³-hybridized carbons (Fsp3) is 0.417. The molecule has 2 N–H and O–H groups in total. The summed E-state index contributed by atoms with van der Waals surface area (Å²) in [6.07, 6.45) is 1.81. The smallest absolute Gasteiger partial charge is 0.270 e. The van der Waals surface area contributed by atoms with Gasteiger partial charge in [0.15, 0.2) is 0 Å². The minimum atomic E-state index is -0.490. The second-order valence-corrected chi connectivity index (χ2v) is 5.43. The number of benzene rings is 1. The van der Waals surface area contributed by atoms with Crippen molar-refractivity contribution in [1.29, 1.82) is 0 Å². The molecular weight excluding hydrogens is 314 g/mol. The zero-order valence-electron chi connectivity index (χ0n) is 10.2. The lowest BCUT2D eigenvalue weighted by Crippen LogP contribution is -2.45. The molecule has 19 heavy (non-hydrogen) atoms. The third kappa shape index (κ3) is 3.10. The summed E-state index contributed by atoms with van der Waals surface area (Å²) in [6.45, 7) is 1.21. The van der Waals surface area contributed by atoms with E-state index in [1.54, 1.807) is 4.90 Å². The monoisotopic (exact) mass is 327 g/mol. The topological polar surface area (TPSA) is 89.5 Å². The molecule has 7 heteroatoms. The van der Waals surface area contributed by atoms with E-state index in [-0.39, 0.29) is 17.6 Å². The van der Waals surface area contributed by atoms with E-state index in [1.807, 2.05) is 0 Å². The standard InChI is InChI=1S/C12H14BrN3O3/c13-11-6-9(16(18)19)3-4-10(11)12(17)15-5-1-2-8(14)7-15/h3-4,6,8H,1-2,5,7,14H2. The van der Waals surface area contributed by atoms with Crippen molar-refractivity contribution >= 4 is 27.5 Å². The van der Waals surface area contributed by atoms with Gasteiger partial charge in [0.2, 0.25) is 0 Å². The molecule has 1 atom stereocenters. The van der Waals surface area contributed by atoms with Crippen LogP contribution in [0.5, 0.6) is 0 Å². The van der Waals surface area contributed by atoms with Crippen molar-refractivity contribution in [3.8, 4) is 0 Å². The summed E-state index contributed by atoms with van der Waals surface area (Å²) >= 11 is 3.21. The first kappa shape index (κ1) is 14.0. The fourth-order valence-corrected chi connectivity index (χ4v) is 2.69. The van der Waals surface area contributed by atoms with Crippen LogP contribution in [0.25, 0.3) is 0 Å². The third-order valence-electron chi connectivity index (χ3n) is 3.14. The molecule has 1 aromatic rings. The highest BCUT2D eigenvalue weighted by Crippen LogP contribution is 2.25. The molecule has 2 rings (SSSR count). The summed E-state index contributed by atoms with van der Waals surface area (Å²) in [5.41, 5.74) is 6.24. The summed E-state index contributed by atoms with van der Waals surface area (Å²) in [7, 11) is 0. The van der Waals surface area contributed by atoms with E-state index in [9.17, 15) is 14.9 Å². The first-order chi connectivity index (χ1) is 8.99. The third-order valence-corrected chi connectivity index (χ3v) is 3.80. The van der Waals surface area contributed by atoms with Crippen molar-refractivity contribution < 1.29 is 9.72 Å². The van der Waals surface area contributed by atoms with Gasteiger partial charge in [-0.3, -0.25) is 14.9 Å². The Bertz CT molecular complexity index is 521. The Labute approximate surface area is 118 Å². The van der Waals surface area contributed by atoms with Crippen molar-refractivity contribution in [2.75, 3.05) is 13.1 Å². The maximum absolute atomic E-state index is 12.3. The highest BCUT2D eigenvalue weighted by molar-refractivity contribution is 9.10. The van der Waals surface area contributed by atoms with Gasteiger partial charge in [0, 0.05) is 35.7 Å². The fourth-order valence-electron chi connectivity index (χ4n) is 2.16. The molecule has 0 radical (unpaired) electrons. The zero-order valence-corrected chi connectivity index (χ0v) is 11.8. The molecular formula is C12H14BrN3O3. The van der Waals surface area contributed by atoms with Crippen LogP contribution in [-0.4, -0.2) is 34.9 Å². The molecule has 0 aromatic heterocycles. The van der Waals surface area contributed by atoms with E-state index in [2.05, 4.69) is 15.9 Å². The SMILES string of the molecule is NC1CCCN(C(=O)c2ccc([N+](=O)[O-])cc2Br)C1. The quantitative estimate of drug-likeness (QED) is 0.663. The molecule has 1 aromatic carbocycles. The van der Waals surface area contributed by atoms with Crippen LogP contribution in [-0.2, 0) is 0 Å². The number of rotatable bonds is 2. The highest BCUT2D eigenvalue weighted by Gasteiger charge is 2.24. The Morgan fingerprint density at radius 2 is 2.26 bits per heavy atom. The number of carbonyl (C=O) groups excluding carboxylic acids is 1. The Morgan fingerprint density at radius 1 is 1.53 bits per heavy atom. The van der Waals surface area contributed by atoms with Crippen molar-refractivity contribution in [2.24, 2.45) is 5.73 Å². The van der Waals surface area contributed by atoms with Crippen molar-refractivity contribution in [2.45, 2.75) is 18.9 Å². The summed E-state index contributed by atoms with van der Waals surface area (Å²) in [5, 5.41) is 10.7. The first-order valence-electron chi connectivity index (χ1n) is 5.98. The van der Waals surface area contributed by atoms with Gasteiger partial charge in [-0.15, -0.1) is 0 Å². The van der Waals surface area contributed by atoms with Gasteiger partial charge in [-0.05, 0) is 34.8 Å². The van der Waals surface area contributed by atoms with Gasteiger partial charge < -0.3 is 10.6 Å². The van der Waals surface area contributed by atoms with Gasteiger partial charge in [-0.2, -0.15) is 0 Å². The van der Waals surface area contributed by atoms with Gasteiger partial charge in [-0.1, -0.05) is 0 Å². The normalized spacial score (nSPS) is 19.3. The average Bonchev–Trinajstić information content (AvgIpc) is 2.37. The minimum Gasteiger partial charge on any atom is -0.337 e. The molecule has 1 fully saturated rings. The number of nitro benzene ring substituents is 1. The number of nitrogens with zero attached hydrogens (tertiary/aromatic N) is 2. The predicted molar refractivity (Wildman–Crippen MR) is 73.9 cm³/mol. The van der Waals surface area contributed by atoms with E-state index < -0.39 is 4.92 Å². The van der Waals surface area contributed by atoms with Crippen LogP contribution in [0.2, 0.25) is 0 Å². The Hall–Kier alpha value is -1.47. The molecule has 102 valence electrons. The number of piperidine rings is 1. The van der Waals surface area contributed by atoms with Gasteiger partial charge in [-0.25, -0.2) is 0 Å². The molecule has 0 spiro atoms. The molecule has 6 nitrogen and oxygen atoms in total. The maximum atomic E-state index is 12.3. The number of non-ortho nitro benzene ring substituents is 1. The van der Waals surface area contributed by atoms with Gasteiger partial charge in [0.1, 0.15) is 0 Å². The van der Waals surface area contributed by atoms with Gasteiger partial charge >= 0.3 is 0 Å². The number of hydrogen-bond acceptors (Lipinski definition) is 4. The molecule has 1 saturated heterocycles. The number of likely N-dealkylation sites (tertiary alicyclic amines) is 1. The number of hydrogen-bond donors (Lipinski definition) is 1. The van der Waals surface area contributed by atoms with Crippen molar-refractivity contribution in [3.05, 3.63) is 38.3 Å². The van der Waals surface area contributed by atoms with Gasteiger partial charge in [0.25, 0.3) is 11.6 Å². The molecule has 1 heterocycles. The molecule has 0 aliphatic carbocycles. The lowest BCUT2D eigenvalue weighted by molar-refractivity contribution is -0.384. The van der Waals surface area contributed by atoms with Gasteiger partial charge in [0.05, 0.1) is 10.5 Å². The van der Waals surface area contributed by atoms with Crippen LogP contribution in [0.1, 0.15) is 23.2 Å². The Morgan fingerprint density at radius 3 is 2.84 bits per heavy atom. The van der Waals surface area contributed by atoms with Crippen molar-refractivity contribution in [3.63, 3.8) is 0 Å². The Balaban J connectivity index is 2.21. The predicted octanol–water partition coefficient (Wildman–Crippen LogP) is 1.92. The van der Waals surface area contributed by atoms with E-state index in [1.165, 1.54) is 18.2 Å². The second kappa shape index (κ2) is 5.66. The van der Waals surface area contributed by atoms with Crippen LogP contribution in [0.3, 0.4) is 0 Å². The van der Waals surface area contributed by atoms with Crippen molar-refractivity contribution in [1.82, 2.24) is 4.90 Å². The summed E-state index contributed by atoms with van der Waals surface area (Å²) in [6, 6.07) is 4.17. The number of nitrogens with two attached hydrogens (primary N) is 1. The molecule has 1 amide bonds.